The van der Waals surface area contributed by atoms with E-state index in [1.165, 1.54) is 29.8 Å². The molecule has 34 heavy (non-hydrogen) atoms. The first kappa shape index (κ1) is 24.3. The molecule has 1 aromatic heterocycles. The number of anilines is 1. The first-order valence-corrected chi connectivity index (χ1v) is 13.0. The molecule has 4 rings (SSSR count). The molecule has 0 saturated carbocycles. The normalized spacial score (nSPS) is 15.6. The smallest absolute Gasteiger partial charge is 0.139 e. The lowest BCUT2D eigenvalue weighted by Crippen LogP contribution is -2.17. The predicted molar refractivity (Wildman–Crippen MR) is 144 cm³/mol. The zero-order valence-electron chi connectivity index (χ0n) is 20.7. The molecule has 2 aromatic carbocycles. The van der Waals surface area contributed by atoms with E-state index in [9.17, 15) is 0 Å². The highest BCUT2D eigenvalue weighted by Crippen LogP contribution is 2.32. The summed E-state index contributed by atoms with van der Waals surface area (Å²) >= 11 is 1.73. The molecule has 0 spiro atoms. The van der Waals surface area contributed by atoms with Crippen LogP contribution < -0.4 is 4.90 Å². The molecule has 0 N–H and O–H groups in total. The average Bonchev–Trinajstić information content (AvgIpc) is 3.48. The van der Waals surface area contributed by atoms with Crippen LogP contribution in [-0.2, 0) is 6.42 Å². The summed E-state index contributed by atoms with van der Waals surface area (Å²) in [6.45, 7) is 11.5. The summed E-state index contributed by atoms with van der Waals surface area (Å²) in [5.41, 5.74) is 4.10. The lowest BCUT2D eigenvalue weighted by molar-refractivity contribution is 0.307. The van der Waals surface area contributed by atoms with E-state index >= 15 is 0 Å². The van der Waals surface area contributed by atoms with Crippen molar-refractivity contribution in [3.05, 3.63) is 65.5 Å². The highest BCUT2D eigenvalue weighted by atomic mass is 32.1. The molecule has 0 amide bonds. The molecule has 1 aliphatic rings. The second kappa shape index (κ2) is 11.0. The Morgan fingerprint density at radius 3 is 1.85 bits per heavy atom. The van der Waals surface area contributed by atoms with Crippen molar-refractivity contribution in [2.75, 3.05) is 18.0 Å². The molecule has 1 aliphatic heterocycles. The molecule has 1 unspecified atom stereocenters. The Morgan fingerprint density at radius 1 is 0.765 bits per heavy atom. The van der Waals surface area contributed by atoms with Crippen molar-refractivity contribution in [1.82, 2.24) is 0 Å². The van der Waals surface area contributed by atoms with Gasteiger partial charge in [0, 0.05) is 23.7 Å². The van der Waals surface area contributed by atoms with E-state index in [4.69, 9.17) is 0 Å². The third-order valence-corrected chi connectivity index (χ3v) is 6.87. The van der Waals surface area contributed by atoms with Crippen molar-refractivity contribution in [3.63, 3.8) is 0 Å². The molecule has 6 heteroatoms. The van der Waals surface area contributed by atoms with Crippen molar-refractivity contribution >= 4 is 39.1 Å². The number of azo groups is 2. The van der Waals surface area contributed by atoms with Gasteiger partial charge in [-0.2, -0.15) is 10.2 Å². The van der Waals surface area contributed by atoms with Gasteiger partial charge in [0.1, 0.15) is 5.00 Å². The summed E-state index contributed by atoms with van der Waals surface area (Å²) in [5.74, 6) is 0.660. The Bertz CT molecular complexity index is 1100. The summed E-state index contributed by atoms with van der Waals surface area (Å²) in [6, 6.07) is 20.2. The monoisotopic (exact) mass is 473 g/mol. The third kappa shape index (κ3) is 7.32. The molecule has 1 fully saturated rings. The van der Waals surface area contributed by atoms with Crippen LogP contribution >= 0.6 is 11.3 Å². The Hall–Kier alpha value is -2.86. The second-order valence-corrected chi connectivity index (χ2v) is 11.6. The maximum atomic E-state index is 4.43. The minimum Gasteiger partial charge on any atom is -0.372 e. The van der Waals surface area contributed by atoms with E-state index in [2.05, 4.69) is 77.3 Å². The number of benzene rings is 2. The van der Waals surface area contributed by atoms with Gasteiger partial charge in [-0.3, -0.25) is 0 Å². The number of nitrogens with zero attached hydrogens (tertiary/aromatic N) is 5. The quantitative estimate of drug-likeness (QED) is 0.300. The first-order chi connectivity index (χ1) is 16.3. The standard InChI is InChI=1S/C28H35N5S/c1-21(20-28(2,3)4)19-26-15-16-27(34-26)32-31-23-9-7-22(8-10-23)29-30-24-11-13-25(14-12-24)33-17-5-6-18-33/h7-16,21H,5-6,17-20H2,1-4H3/b30-29+,32-31+. The lowest BCUT2D eigenvalue weighted by atomic mass is 9.84. The van der Waals surface area contributed by atoms with Gasteiger partial charge < -0.3 is 4.90 Å². The maximum Gasteiger partial charge on any atom is 0.139 e. The van der Waals surface area contributed by atoms with Gasteiger partial charge in [-0.1, -0.05) is 27.7 Å². The maximum absolute atomic E-state index is 4.43. The number of thiophene rings is 1. The van der Waals surface area contributed by atoms with Gasteiger partial charge >= 0.3 is 0 Å². The highest BCUT2D eigenvalue weighted by Gasteiger charge is 2.16. The van der Waals surface area contributed by atoms with Crippen molar-refractivity contribution in [2.45, 2.75) is 53.4 Å². The van der Waals surface area contributed by atoms with Crippen LogP contribution in [0, 0.1) is 11.3 Å². The van der Waals surface area contributed by atoms with E-state index in [0.717, 1.165) is 41.6 Å². The van der Waals surface area contributed by atoms with E-state index in [1.54, 1.807) is 11.3 Å². The fraction of sp³-hybridized carbons (Fsp3) is 0.429. The Morgan fingerprint density at radius 2 is 1.29 bits per heavy atom. The third-order valence-electron chi connectivity index (χ3n) is 5.87. The van der Waals surface area contributed by atoms with Crippen LogP contribution in [0.5, 0.6) is 0 Å². The highest BCUT2D eigenvalue weighted by molar-refractivity contribution is 7.15. The summed E-state index contributed by atoms with van der Waals surface area (Å²) in [7, 11) is 0. The van der Waals surface area contributed by atoms with Gasteiger partial charge in [-0.15, -0.1) is 21.6 Å². The van der Waals surface area contributed by atoms with Gasteiger partial charge in [0.2, 0.25) is 0 Å². The van der Waals surface area contributed by atoms with Crippen LogP contribution in [0.25, 0.3) is 0 Å². The fourth-order valence-electron chi connectivity index (χ4n) is 4.50. The average molecular weight is 474 g/mol. The van der Waals surface area contributed by atoms with Gasteiger partial charge in [0.15, 0.2) is 0 Å². The van der Waals surface area contributed by atoms with Crippen molar-refractivity contribution < 1.29 is 0 Å². The molecule has 3 aromatic rings. The van der Waals surface area contributed by atoms with Gasteiger partial charge in [0.25, 0.3) is 0 Å². The van der Waals surface area contributed by atoms with Crippen LogP contribution in [0.3, 0.4) is 0 Å². The van der Waals surface area contributed by atoms with Gasteiger partial charge in [-0.25, -0.2) is 0 Å². The zero-order chi connectivity index (χ0) is 24.0. The number of hydrogen-bond donors (Lipinski definition) is 0. The fourth-order valence-corrected chi connectivity index (χ4v) is 5.50. The Kier molecular flexibility index (Phi) is 7.88. The summed E-state index contributed by atoms with van der Waals surface area (Å²) < 4.78 is 0. The largest absolute Gasteiger partial charge is 0.372 e. The number of rotatable bonds is 8. The van der Waals surface area contributed by atoms with Gasteiger partial charge in [-0.05, 0) is 97.7 Å². The van der Waals surface area contributed by atoms with Crippen molar-refractivity contribution in [1.29, 1.82) is 0 Å². The molecule has 1 atom stereocenters. The first-order valence-electron chi connectivity index (χ1n) is 12.2. The van der Waals surface area contributed by atoms with Crippen LogP contribution in [0.4, 0.5) is 27.8 Å². The SMILES string of the molecule is CC(Cc1ccc(/N=N/c2ccc(/N=N/c3ccc(N4CCCC4)cc3)cc2)s1)CC(C)(C)C. The van der Waals surface area contributed by atoms with Crippen molar-refractivity contribution in [3.8, 4) is 0 Å². The predicted octanol–water partition coefficient (Wildman–Crippen LogP) is 9.79. The summed E-state index contributed by atoms with van der Waals surface area (Å²) in [5, 5.41) is 18.5. The molecular weight excluding hydrogens is 438 g/mol. The topological polar surface area (TPSA) is 52.7 Å². The van der Waals surface area contributed by atoms with Gasteiger partial charge in [0.05, 0.1) is 17.1 Å². The molecule has 0 bridgehead atoms. The zero-order valence-corrected chi connectivity index (χ0v) is 21.6. The molecule has 2 heterocycles. The Balaban J connectivity index is 1.30. The van der Waals surface area contributed by atoms with Crippen LogP contribution in [0.2, 0.25) is 0 Å². The summed E-state index contributed by atoms with van der Waals surface area (Å²) in [4.78, 5) is 3.79. The van der Waals surface area contributed by atoms with E-state index < -0.39 is 0 Å². The summed E-state index contributed by atoms with van der Waals surface area (Å²) in [6.07, 6.45) is 4.87. The molecule has 0 aliphatic carbocycles. The number of hydrogen-bond acceptors (Lipinski definition) is 6. The van der Waals surface area contributed by atoms with E-state index in [0.29, 0.717) is 11.3 Å². The minimum atomic E-state index is 0.364. The van der Waals surface area contributed by atoms with Crippen LogP contribution in [-0.4, -0.2) is 13.1 Å². The van der Waals surface area contributed by atoms with E-state index in [1.807, 2.05) is 36.4 Å². The Labute approximate surface area is 207 Å². The van der Waals surface area contributed by atoms with Crippen LogP contribution in [0.1, 0.15) is 51.8 Å². The molecule has 178 valence electrons. The van der Waals surface area contributed by atoms with Crippen LogP contribution in [0.15, 0.2) is 81.1 Å². The molecule has 0 radical (unpaired) electrons. The molecule has 1 saturated heterocycles. The van der Waals surface area contributed by atoms with Crippen molar-refractivity contribution in [2.24, 2.45) is 31.8 Å². The minimum absolute atomic E-state index is 0.364. The molecular formula is C28H35N5S. The molecule has 5 nitrogen and oxygen atoms in total. The van der Waals surface area contributed by atoms with E-state index in [-0.39, 0.29) is 0 Å². The second-order valence-electron chi connectivity index (χ2n) is 10.4. The lowest BCUT2D eigenvalue weighted by Gasteiger charge is -2.22.